The Bertz CT molecular complexity index is 1960. The van der Waals surface area contributed by atoms with E-state index in [1.165, 1.54) is 89.9 Å². The largest absolute Gasteiger partial charge is 0.394 e. The summed E-state index contributed by atoms with van der Waals surface area (Å²) in [6.07, 6.45) is 38.4. The second-order valence-electron chi connectivity index (χ2n) is 23.2. The van der Waals surface area contributed by atoms with Gasteiger partial charge in [-0.2, -0.15) is 0 Å². The molecule has 0 aromatic carbocycles. The zero-order valence-corrected chi connectivity index (χ0v) is 52.5. The number of aliphatic hydroxyl groups excluding tert-OH is 11. The summed E-state index contributed by atoms with van der Waals surface area (Å²) in [5.74, 6) is -0.291. The molecule has 12 N–H and O–H groups in total. The van der Waals surface area contributed by atoms with Gasteiger partial charge in [0, 0.05) is 6.42 Å². The Hall–Kier alpha value is -3.29. The second kappa shape index (κ2) is 49.4. The Balaban J connectivity index is 1.21. The molecule has 0 spiro atoms. The van der Waals surface area contributed by atoms with Crippen LogP contribution in [-0.4, -0.2) is 193 Å². The van der Waals surface area contributed by atoms with E-state index >= 15 is 0 Å². The Morgan fingerprint density at radius 3 is 1.22 bits per heavy atom. The van der Waals surface area contributed by atoms with E-state index in [1.807, 2.05) is 6.92 Å². The van der Waals surface area contributed by atoms with Gasteiger partial charge >= 0.3 is 0 Å². The van der Waals surface area contributed by atoms with E-state index in [9.17, 15) is 61.0 Å². The molecule has 3 saturated heterocycles. The maximum absolute atomic E-state index is 13.2. The molecule has 0 saturated carbocycles. The summed E-state index contributed by atoms with van der Waals surface area (Å²) < 4.78 is 34.0. The number of amides is 1. The summed E-state index contributed by atoms with van der Waals surface area (Å²) in [7, 11) is 0. The van der Waals surface area contributed by atoms with Gasteiger partial charge in [0.25, 0.3) is 0 Å². The molecule has 0 aliphatic carbocycles. The normalized spacial score (nSPS) is 29.2. The highest BCUT2D eigenvalue weighted by atomic mass is 16.8. The van der Waals surface area contributed by atoms with Gasteiger partial charge in [0.05, 0.1) is 38.6 Å². The van der Waals surface area contributed by atoms with Gasteiger partial charge in [0.15, 0.2) is 18.9 Å². The number of unbranched alkanes of at least 4 members (excludes halogenated alkanes) is 18. The fourth-order valence-electron chi connectivity index (χ4n) is 10.5. The molecule has 3 fully saturated rings. The molecule has 19 heteroatoms. The van der Waals surface area contributed by atoms with Gasteiger partial charge in [-0.3, -0.25) is 4.79 Å². The Kier molecular flexibility index (Phi) is 44.3. The number of carbonyl (C=O) groups excluding carboxylic acids is 1. The quantitative estimate of drug-likeness (QED) is 0.0205. The van der Waals surface area contributed by atoms with Crippen LogP contribution in [0.2, 0.25) is 0 Å². The molecule has 3 heterocycles. The van der Waals surface area contributed by atoms with Crippen molar-refractivity contribution in [2.45, 2.75) is 298 Å². The lowest BCUT2D eigenvalue weighted by atomic mass is 9.96. The monoisotopic (exact) mass is 1230 g/mol. The van der Waals surface area contributed by atoms with Gasteiger partial charge in [-0.25, -0.2) is 0 Å². The van der Waals surface area contributed by atoms with Crippen molar-refractivity contribution >= 4 is 5.91 Å². The minimum atomic E-state index is -1.98. The van der Waals surface area contributed by atoms with Crippen LogP contribution >= 0.6 is 0 Å². The van der Waals surface area contributed by atoms with E-state index in [-0.39, 0.29) is 18.9 Å². The number of aliphatic hydroxyl groups is 11. The molecular formula is C68H115NO18. The van der Waals surface area contributed by atoms with Crippen LogP contribution in [-0.2, 0) is 33.2 Å². The lowest BCUT2D eigenvalue weighted by molar-refractivity contribution is -0.379. The molecule has 3 rings (SSSR count). The maximum Gasteiger partial charge on any atom is 0.220 e. The van der Waals surface area contributed by atoms with Crippen molar-refractivity contribution in [2.24, 2.45) is 0 Å². The smallest absolute Gasteiger partial charge is 0.220 e. The third-order valence-electron chi connectivity index (χ3n) is 15.9. The van der Waals surface area contributed by atoms with Crippen LogP contribution in [0.15, 0.2) is 97.2 Å². The third-order valence-corrected chi connectivity index (χ3v) is 15.9. The highest BCUT2D eigenvalue weighted by molar-refractivity contribution is 5.76. The standard InChI is InChI=1S/C68H115NO18/c1-3-5-7-8-9-10-11-12-13-14-15-16-17-18-19-20-21-22-23-24-25-26-27-28-29-30-31-32-33-34-35-36-37-38-39-40-41-42-44-46-56(74)69-51(52(73)45-43-6-4-2)50-82-66-62(80)59(77)64(54(48-71)84-66)87-68-63(81)60(78)65(55(49-72)85-68)86-67-61(79)58(76)57(75)53(47-70)83-67/h5,7,9-10,12-13,15-16,18-19,21-22,24-25,43,45,51-55,57-68,70-73,75-81H,3-4,6,8,11,14,17,20,23,26-42,44,46-50H2,1-2H3,(H,69,74)/b7-5-,10-9-,13-12-,16-15-,19-18-,22-21-,25-24-,45-43+. The van der Waals surface area contributed by atoms with Crippen molar-refractivity contribution in [2.75, 3.05) is 26.4 Å². The molecule has 3 aliphatic rings. The molecule has 87 heavy (non-hydrogen) atoms. The highest BCUT2D eigenvalue weighted by Gasteiger charge is 2.53. The first-order valence-corrected chi connectivity index (χ1v) is 33.0. The summed E-state index contributed by atoms with van der Waals surface area (Å²) in [4.78, 5) is 13.2. The van der Waals surface area contributed by atoms with E-state index in [2.05, 4.69) is 97.3 Å². The fraction of sp³-hybridized carbons (Fsp3) is 0.750. The number of allylic oxidation sites excluding steroid dienone is 15. The lowest BCUT2D eigenvalue weighted by Gasteiger charge is -2.48. The summed E-state index contributed by atoms with van der Waals surface area (Å²) in [6, 6.07) is -0.972. The predicted octanol–water partition coefficient (Wildman–Crippen LogP) is 7.71. The molecule has 0 radical (unpaired) electrons. The van der Waals surface area contributed by atoms with Crippen LogP contribution in [0.1, 0.15) is 194 Å². The number of nitrogens with one attached hydrogen (secondary N) is 1. The average Bonchev–Trinajstić information content (AvgIpc) is 1.25. The zero-order chi connectivity index (χ0) is 63.3. The van der Waals surface area contributed by atoms with Gasteiger partial charge in [-0.15, -0.1) is 0 Å². The maximum atomic E-state index is 13.2. The van der Waals surface area contributed by atoms with Crippen LogP contribution in [0.4, 0.5) is 0 Å². The van der Waals surface area contributed by atoms with Crippen molar-refractivity contribution in [3.8, 4) is 0 Å². The van der Waals surface area contributed by atoms with Crippen LogP contribution in [0, 0.1) is 0 Å². The second-order valence-corrected chi connectivity index (χ2v) is 23.2. The van der Waals surface area contributed by atoms with Crippen molar-refractivity contribution in [3.05, 3.63) is 97.2 Å². The zero-order valence-electron chi connectivity index (χ0n) is 52.5. The van der Waals surface area contributed by atoms with E-state index in [4.69, 9.17) is 28.4 Å². The number of rotatable bonds is 48. The van der Waals surface area contributed by atoms with E-state index < -0.39 is 124 Å². The number of hydrogen-bond donors (Lipinski definition) is 12. The molecule has 17 unspecified atom stereocenters. The number of hydrogen-bond acceptors (Lipinski definition) is 18. The first-order chi connectivity index (χ1) is 42.3. The van der Waals surface area contributed by atoms with Crippen molar-refractivity contribution in [3.63, 3.8) is 0 Å². The predicted molar refractivity (Wildman–Crippen MR) is 337 cm³/mol. The summed E-state index contributed by atoms with van der Waals surface area (Å²) in [5, 5.41) is 119. The van der Waals surface area contributed by atoms with Crippen LogP contribution in [0.5, 0.6) is 0 Å². The molecule has 1 amide bonds. The summed E-state index contributed by atoms with van der Waals surface area (Å²) in [6.45, 7) is 1.35. The first kappa shape index (κ1) is 78.0. The Morgan fingerprint density at radius 2 is 0.793 bits per heavy atom. The van der Waals surface area contributed by atoms with Crippen LogP contribution in [0.3, 0.4) is 0 Å². The van der Waals surface area contributed by atoms with Crippen molar-refractivity contribution < 1.29 is 89.4 Å². The van der Waals surface area contributed by atoms with Crippen LogP contribution in [0.25, 0.3) is 0 Å². The fourth-order valence-corrected chi connectivity index (χ4v) is 10.5. The number of ether oxygens (including phenoxy) is 6. The van der Waals surface area contributed by atoms with E-state index in [0.717, 1.165) is 70.6 Å². The van der Waals surface area contributed by atoms with Gasteiger partial charge in [-0.05, 0) is 70.6 Å². The van der Waals surface area contributed by atoms with Gasteiger partial charge in [0.1, 0.15) is 73.2 Å². The van der Waals surface area contributed by atoms with Gasteiger partial charge in [0.2, 0.25) is 5.91 Å². The molecule has 500 valence electrons. The summed E-state index contributed by atoms with van der Waals surface area (Å²) in [5.41, 5.74) is 0. The molecule has 17 atom stereocenters. The molecular weight excluding hydrogens is 1120 g/mol. The molecule has 0 aromatic rings. The molecule has 3 aliphatic heterocycles. The average molecular weight is 1230 g/mol. The van der Waals surface area contributed by atoms with Gasteiger partial charge in [-0.1, -0.05) is 214 Å². The molecule has 0 aromatic heterocycles. The SMILES string of the molecule is CC/C=C\C/C=C\C/C=C\C/C=C\C/C=C\C/C=C\C/C=C\CCCCCCCCCCCCCCCCCCCC(=O)NC(COC1OC(CO)C(OC2OC(CO)C(OC3OC(CO)C(O)C(O)C3O)C(O)C2O)C(O)C1O)C(O)/C=C/CCC. The minimum absolute atomic E-state index is 0.237. The summed E-state index contributed by atoms with van der Waals surface area (Å²) >= 11 is 0. The Labute approximate surface area is 520 Å². The third kappa shape index (κ3) is 32.0. The van der Waals surface area contributed by atoms with Crippen LogP contribution < -0.4 is 5.32 Å². The minimum Gasteiger partial charge on any atom is -0.394 e. The van der Waals surface area contributed by atoms with Crippen molar-refractivity contribution in [1.82, 2.24) is 5.32 Å². The van der Waals surface area contributed by atoms with Crippen molar-refractivity contribution in [1.29, 1.82) is 0 Å². The molecule has 0 bridgehead atoms. The van der Waals surface area contributed by atoms with E-state index in [0.29, 0.717) is 12.8 Å². The first-order valence-electron chi connectivity index (χ1n) is 33.0. The van der Waals surface area contributed by atoms with Gasteiger partial charge < -0.3 is 89.9 Å². The molecule has 19 nitrogen and oxygen atoms in total. The topological polar surface area (TPSA) is 307 Å². The number of carbonyl (C=O) groups is 1. The lowest BCUT2D eigenvalue weighted by Crippen LogP contribution is -2.66. The van der Waals surface area contributed by atoms with E-state index in [1.54, 1.807) is 12.2 Å². The Morgan fingerprint density at radius 1 is 0.425 bits per heavy atom. The highest BCUT2D eigenvalue weighted by Crippen LogP contribution is 2.33.